The van der Waals surface area contributed by atoms with Gasteiger partial charge in [0.15, 0.2) is 10.8 Å². The first-order valence-corrected chi connectivity index (χ1v) is 6.40. The summed E-state index contributed by atoms with van der Waals surface area (Å²) in [5.41, 5.74) is 6.66. The van der Waals surface area contributed by atoms with Crippen molar-refractivity contribution < 1.29 is 10.2 Å². The number of anilines is 1. The standard InChI is InChI=1S/C11H14ClN5O2/c12-9-8-10(16-11(13)15-9)17(4-14-8)7-1-5(2-18)6(7)3-19/h4-7,18-19H,1-3H2,(H2,13,15,16)/t5-,6-,7-/m1/s1. The number of nitrogens with two attached hydrogens (primary N) is 1. The quantitative estimate of drug-likeness (QED) is 0.695. The topological polar surface area (TPSA) is 110 Å². The van der Waals surface area contributed by atoms with Crippen molar-refractivity contribution in [3.05, 3.63) is 11.5 Å². The number of aliphatic hydroxyl groups excluding tert-OH is 2. The fourth-order valence-electron chi connectivity index (χ4n) is 2.72. The summed E-state index contributed by atoms with van der Waals surface area (Å²) < 4.78 is 1.85. The number of hydrogen-bond donors (Lipinski definition) is 3. The lowest BCUT2D eigenvalue weighted by atomic mass is 9.70. The minimum atomic E-state index is -0.00244. The molecule has 8 heteroatoms. The summed E-state index contributed by atoms with van der Waals surface area (Å²) in [7, 11) is 0. The van der Waals surface area contributed by atoms with Crippen molar-refractivity contribution in [3.63, 3.8) is 0 Å². The van der Waals surface area contributed by atoms with Crippen LogP contribution in [0, 0.1) is 11.8 Å². The zero-order valence-corrected chi connectivity index (χ0v) is 10.8. The van der Waals surface area contributed by atoms with Gasteiger partial charge in [0.05, 0.1) is 6.33 Å². The molecule has 1 fully saturated rings. The second-order valence-electron chi connectivity index (χ2n) is 4.79. The fraction of sp³-hybridized carbons (Fsp3) is 0.545. The van der Waals surface area contributed by atoms with E-state index in [-0.39, 0.29) is 42.2 Å². The Kier molecular flexibility index (Phi) is 3.04. The van der Waals surface area contributed by atoms with Crippen molar-refractivity contribution in [2.75, 3.05) is 18.9 Å². The molecule has 0 saturated heterocycles. The number of nitrogen functional groups attached to an aromatic ring is 1. The molecule has 0 aromatic carbocycles. The van der Waals surface area contributed by atoms with E-state index in [1.807, 2.05) is 4.57 Å². The second-order valence-corrected chi connectivity index (χ2v) is 5.15. The van der Waals surface area contributed by atoms with Gasteiger partial charge in [0, 0.05) is 25.2 Å². The van der Waals surface area contributed by atoms with Crippen LogP contribution in [0.1, 0.15) is 12.5 Å². The molecule has 0 bridgehead atoms. The van der Waals surface area contributed by atoms with Gasteiger partial charge in [0.2, 0.25) is 5.95 Å². The van der Waals surface area contributed by atoms with Crippen LogP contribution < -0.4 is 5.73 Å². The van der Waals surface area contributed by atoms with Crippen LogP contribution in [-0.4, -0.2) is 42.9 Å². The second kappa shape index (κ2) is 4.59. The van der Waals surface area contributed by atoms with Crippen LogP contribution in [-0.2, 0) is 0 Å². The molecule has 0 radical (unpaired) electrons. The van der Waals surface area contributed by atoms with E-state index in [4.69, 9.17) is 17.3 Å². The Balaban J connectivity index is 2.02. The van der Waals surface area contributed by atoms with Gasteiger partial charge in [-0.05, 0) is 12.3 Å². The summed E-state index contributed by atoms with van der Waals surface area (Å²) in [6.45, 7) is 0.0934. The third-order valence-corrected chi connectivity index (χ3v) is 4.11. The maximum absolute atomic E-state index is 9.41. The highest BCUT2D eigenvalue weighted by atomic mass is 35.5. The smallest absolute Gasteiger partial charge is 0.223 e. The summed E-state index contributed by atoms with van der Waals surface area (Å²) in [6, 6.07) is 0.0533. The Morgan fingerprint density at radius 3 is 2.84 bits per heavy atom. The predicted octanol–water partition coefficient (Wildman–Crippen LogP) is 0.224. The molecular formula is C11H14ClN5O2. The molecule has 2 heterocycles. The Labute approximate surface area is 114 Å². The van der Waals surface area contributed by atoms with Crippen LogP contribution >= 0.6 is 11.6 Å². The van der Waals surface area contributed by atoms with E-state index in [1.165, 1.54) is 0 Å². The van der Waals surface area contributed by atoms with Crippen LogP contribution in [0.3, 0.4) is 0 Å². The summed E-state index contributed by atoms with van der Waals surface area (Å²) in [4.78, 5) is 12.2. The largest absolute Gasteiger partial charge is 0.396 e. The molecule has 4 N–H and O–H groups in total. The summed E-state index contributed by atoms with van der Waals surface area (Å²) in [5, 5.41) is 18.8. The number of aromatic nitrogens is 4. The van der Waals surface area contributed by atoms with E-state index < -0.39 is 0 Å². The van der Waals surface area contributed by atoms with Gasteiger partial charge in [0.25, 0.3) is 0 Å². The first-order chi connectivity index (χ1) is 9.15. The Hall–Kier alpha value is -1.44. The Morgan fingerprint density at radius 2 is 2.16 bits per heavy atom. The van der Waals surface area contributed by atoms with Gasteiger partial charge in [-0.25, -0.2) is 4.98 Å². The molecule has 102 valence electrons. The highest BCUT2D eigenvalue weighted by Crippen LogP contribution is 2.44. The fourth-order valence-corrected chi connectivity index (χ4v) is 2.94. The predicted molar refractivity (Wildman–Crippen MR) is 69.6 cm³/mol. The number of rotatable bonds is 3. The first-order valence-electron chi connectivity index (χ1n) is 6.03. The van der Waals surface area contributed by atoms with Crippen molar-refractivity contribution in [2.24, 2.45) is 11.8 Å². The van der Waals surface area contributed by atoms with Gasteiger partial charge in [-0.1, -0.05) is 11.6 Å². The van der Waals surface area contributed by atoms with Gasteiger partial charge in [0.1, 0.15) is 5.52 Å². The third-order valence-electron chi connectivity index (χ3n) is 3.84. The number of imidazole rings is 1. The average molecular weight is 284 g/mol. The monoisotopic (exact) mass is 283 g/mol. The van der Waals surface area contributed by atoms with Crippen molar-refractivity contribution in [3.8, 4) is 0 Å². The molecule has 1 aliphatic rings. The van der Waals surface area contributed by atoms with E-state index in [1.54, 1.807) is 6.33 Å². The molecule has 0 unspecified atom stereocenters. The van der Waals surface area contributed by atoms with Gasteiger partial charge in [-0.15, -0.1) is 0 Å². The molecule has 2 aromatic rings. The van der Waals surface area contributed by atoms with E-state index in [2.05, 4.69) is 15.0 Å². The van der Waals surface area contributed by atoms with Crippen LogP contribution in [0.2, 0.25) is 5.15 Å². The molecule has 3 atom stereocenters. The van der Waals surface area contributed by atoms with E-state index in [0.717, 1.165) is 6.42 Å². The molecule has 3 rings (SSSR count). The number of fused-ring (bicyclic) bond motifs is 1. The lowest BCUT2D eigenvalue weighted by Gasteiger charge is -2.43. The number of hydrogen-bond acceptors (Lipinski definition) is 6. The molecule has 0 amide bonds. The molecule has 1 saturated carbocycles. The van der Waals surface area contributed by atoms with Crippen molar-refractivity contribution in [1.29, 1.82) is 0 Å². The van der Waals surface area contributed by atoms with Gasteiger partial charge < -0.3 is 20.5 Å². The van der Waals surface area contributed by atoms with Gasteiger partial charge in [-0.3, -0.25) is 0 Å². The normalized spacial score (nSPS) is 26.6. The molecule has 19 heavy (non-hydrogen) atoms. The Bertz CT molecular complexity index is 616. The average Bonchev–Trinajstić information content (AvgIpc) is 2.73. The van der Waals surface area contributed by atoms with Crippen LogP contribution in [0.15, 0.2) is 6.33 Å². The number of nitrogens with zero attached hydrogens (tertiary/aromatic N) is 4. The van der Waals surface area contributed by atoms with Crippen molar-refractivity contribution >= 4 is 28.7 Å². The molecule has 7 nitrogen and oxygen atoms in total. The van der Waals surface area contributed by atoms with E-state index >= 15 is 0 Å². The number of aliphatic hydroxyl groups is 2. The maximum atomic E-state index is 9.41. The zero-order chi connectivity index (χ0) is 13.6. The lowest BCUT2D eigenvalue weighted by Crippen LogP contribution is -2.42. The van der Waals surface area contributed by atoms with Crippen molar-refractivity contribution in [1.82, 2.24) is 19.5 Å². The summed E-state index contributed by atoms with van der Waals surface area (Å²) in [6.07, 6.45) is 2.40. The minimum absolute atomic E-state index is 0.00244. The van der Waals surface area contributed by atoms with Gasteiger partial charge in [-0.2, -0.15) is 9.97 Å². The SMILES string of the molecule is Nc1nc(Cl)c2ncn([C@@H]3C[C@H](CO)[C@H]3CO)c2n1. The minimum Gasteiger partial charge on any atom is -0.396 e. The zero-order valence-electron chi connectivity index (χ0n) is 10.1. The van der Waals surface area contributed by atoms with Gasteiger partial charge >= 0.3 is 0 Å². The van der Waals surface area contributed by atoms with Crippen LogP contribution in [0.4, 0.5) is 5.95 Å². The van der Waals surface area contributed by atoms with Crippen LogP contribution in [0.5, 0.6) is 0 Å². The lowest BCUT2D eigenvalue weighted by molar-refractivity contribution is -0.00528. The molecule has 0 aliphatic heterocycles. The molecule has 0 spiro atoms. The van der Waals surface area contributed by atoms with E-state index in [0.29, 0.717) is 11.2 Å². The third kappa shape index (κ3) is 1.85. The number of halogens is 1. The van der Waals surface area contributed by atoms with E-state index in [9.17, 15) is 10.2 Å². The molecular weight excluding hydrogens is 270 g/mol. The summed E-state index contributed by atoms with van der Waals surface area (Å²) >= 11 is 5.97. The van der Waals surface area contributed by atoms with Crippen LogP contribution in [0.25, 0.3) is 11.2 Å². The molecule has 2 aromatic heterocycles. The first kappa shape index (κ1) is 12.6. The summed E-state index contributed by atoms with van der Waals surface area (Å²) in [5.74, 6) is 0.206. The maximum Gasteiger partial charge on any atom is 0.223 e. The van der Waals surface area contributed by atoms with Crippen molar-refractivity contribution in [2.45, 2.75) is 12.5 Å². The molecule has 1 aliphatic carbocycles. The highest BCUT2D eigenvalue weighted by molar-refractivity contribution is 6.33. The highest BCUT2D eigenvalue weighted by Gasteiger charge is 2.42. The Morgan fingerprint density at radius 1 is 1.37 bits per heavy atom.